The smallest absolute Gasteiger partial charge is 0.234 e. The van der Waals surface area contributed by atoms with E-state index in [9.17, 15) is 4.79 Å². The summed E-state index contributed by atoms with van der Waals surface area (Å²) in [7, 11) is 3.02. The van der Waals surface area contributed by atoms with Crippen LogP contribution in [0.25, 0.3) is 5.69 Å². The largest absolute Gasteiger partial charge is 0.495 e. The van der Waals surface area contributed by atoms with Crippen molar-refractivity contribution in [1.82, 2.24) is 9.55 Å². The average Bonchev–Trinajstić information content (AvgIpc) is 3.15. The van der Waals surface area contributed by atoms with Gasteiger partial charge in [0.2, 0.25) is 5.91 Å². The highest BCUT2D eigenvalue weighted by Crippen LogP contribution is 2.36. The Morgan fingerprint density at radius 2 is 1.96 bits per heavy atom. The van der Waals surface area contributed by atoms with Crippen molar-refractivity contribution in [1.29, 1.82) is 0 Å². The molecular formula is C19H17Cl2N3O3S. The first-order valence-electron chi connectivity index (χ1n) is 8.15. The van der Waals surface area contributed by atoms with Gasteiger partial charge in [0, 0.05) is 29.2 Å². The van der Waals surface area contributed by atoms with Crippen LogP contribution in [0.5, 0.6) is 11.5 Å². The van der Waals surface area contributed by atoms with Crippen molar-refractivity contribution in [3.05, 3.63) is 58.8 Å². The number of halogens is 2. The van der Waals surface area contributed by atoms with Gasteiger partial charge in [0.05, 0.1) is 30.7 Å². The maximum Gasteiger partial charge on any atom is 0.234 e. The van der Waals surface area contributed by atoms with Crippen LogP contribution in [0.4, 0.5) is 5.69 Å². The minimum atomic E-state index is -0.217. The SMILES string of the molecule is COc1cc(OC)c(NC(=O)CSc2nccn2-c2cccc(Cl)c2)cc1Cl. The lowest BCUT2D eigenvalue weighted by molar-refractivity contribution is -0.113. The lowest BCUT2D eigenvalue weighted by atomic mass is 10.2. The van der Waals surface area contributed by atoms with Crippen LogP contribution >= 0.6 is 35.0 Å². The third kappa shape index (κ3) is 4.73. The van der Waals surface area contributed by atoms with E-state index >= 15 is 0 Å². The van der Waals surface area contributed by atoms with E-state index < -0.39 is 0 Å². The van der Waals surface area contributed by atoms with Crippen molar-refractivity contribution in [2.24, 2.45) is 0 Å². The molecule has 0 radical (unpaired) electrons. The number of carbonyl (C=O) groups excluding carboxylic acids is 1. The van der Waals surface area contributed by atoms with Crippen LogP contribution in [0.2, 0.25) is 10.0 Å². The van der Waals surface area contributed by atoms with Gasteiger partial charge in [-0.2, -0.15) is 0 Å². The number of anilines is 1. The van der Waals surface area contributed by atoms with Gasteiger partial charge in [0.1, 0.15) is 11.5 Å². The molecule has 0 aliphatic rings. The molecule has 0 saturated carbocycles. The Labute approximate surface area is 176 Å². The first kappa shape index (κ1) is 20.4. The Balaban J connectivity index is 1.69. The summed E-state index contributed by atoms with van der Waals surface area (Å²) < 4.78 is 12.3. The number of imidazole rings is 1. The highest BCUT2D eigenvalue weighted by atomic mass is 35.5. The number of hydrogen-bond donors (Lipinski definition) is 1. The summed E-state index contributed by atoms with van der Waals surface area (Å²) in [6.45, 7) is 0. The Morgan fingerprint density at radius 3 is 2.68 bits per heavy atom. The van der Waals surface area contributed by atoms with Crippen molar-refractivity contribution in [3.8, 4) is 17.2 Å². The Kier molecular flexibility index (Phi) is 6.72. The van der Waals surface area contributed by atoms with Crippen molar-refractivity contribution in [2.75, 3.05) is 25.3 Å². The van der Waals surface area contributed by atoms with Gasteiger partial charge >= 0.3 is 0 Å². The minimum absolute atomic E-state index is 0.157. The molecule has 6 nitrogen and oxygen atoms in total. The van der Waals surface area contributed by atoms with Crippen LogP contribution in [-0.2, 0) is 4.79 Å². The summed E-state index contributed by atoms with van der Waals surface area (Å²) in [5.74, 6) is 0.865. The first-order valence-corrected chi connectivity index (χ1v) is 9.89. The molecule has 146 valence electrons. The van der Waals surface area contributed by atoms with Gasteiger partial charge < -0.3 is 14.8 Å². The van der Waals surface area contributed by atoms with Gasteiger partial charge in [-0.15, -0.1) is 0 Å². The third-order valence-corrected chi connectivity index (χ3v) is 5.27. The molecule has 3 aromatic rings. The predicted molar refractivity (Wildman–Crippen MR) is 112 cm³/mol. The maximum absolute atomic E-state index is 12.4. The molecule has 2 aromatic carbocycles. The average molecular weight is 438 g/mol. The molecule has 0 fully saturated rings. The molecule has 1 aromatic heterocycles. The molecule has 0 atom stereocenters. The summed E-state index contributed by atoms with van der Waals surface area (Å²) in [6.07, 6.45) is 3.49. The monoisotopic (exact) mass is 437 g/mol. The number of carbonyl (C=O) groups is 1. The normalized spacial score (nSPS) is 10.6. The zero-order chi connectivity index (χ0) is 20.1. The Bertz CT molecular complexity index is 994. The quantitative estimate of drug-likeness (QED) is 0.530. The van der Waals surface area contributed by atoms with E-state index in [2.05, 4.69) is 10.3 Å². The highest BCUT2D eigenvalue weighted by molar-refractivity contribution is 7.99. The van der Waals surface area contributed by atoms with Gasteiger partial charge in [-0.1, -0.05) is 41.0 Å². The van der Waals surface area contributed by atoms with Crippen molar-refractivity contribution in [3.63, 3.8) is 0 Å². The second-order valence-electron chi connectivity index (χ2n) is 5.58. The summed E-state index contributed by atoms with van der Waals surface area (Å²) >= 11 is 13.5. The molecule has 0 aliphatic carbocycles. The van der Waals surface area contributed by atoms with E-state index in [-0.39, 0.29) is 11.7 Å². The van der Waals surface area contributed by atoms with Gasteiger partial charge in [0.15, 0.2) is 5.16 Å². The number of rotatable bonds is 7. The van der Waals surface area contributed by atoms with Crippen LogP contribution in [0.3, 0.4) is 0 Å². The molecule has 0 saturated heterocycles. The van der Waals surface area contributed by atoms with Crippen LogP contribution in [0, 0.1) is 0 Å². The van der Waals surface area contributed by atoms with E-state index in [1.165, 1.54) is 26.0 Å². The fourth-order valence-electron chi connectivity index (χ4n) is 2.49. The minimum Gasteiger partial charge on any atom is -0.495 e. The maximum atomic E-state index is 12.4. The van der Waals surface area contributed by atoms with E-state index in [1.807, 2.05) is 29.0 Å². The molecule has 0 unspecified atom stereocenters. The molecule has 1 amide bonds. The zero-order valence-electron chi connectivity index (χ0n) is 15.1. The number of ether oxygens (including phenoxy) is 2. The molecule has 0 aliphatic heterocycles. The van der Waals surface area contributed by atoms with Gasteiger partial charge in [-0.25, -0.2) is 4.98 Å². The van der Waals surface area contributed by atoms with Crippen LogP contribution < -0.4 is 14.8 Å². The lowest BCUT2D eigenvalue weighted by Gasteiger charge is -2.13. The van der Waals surface area contributed by atoms with E-state index in [0.717, 1.165) is 5.69 Å². The number of hydrogen-bond acceptors (Lipinski definition) is 5. The van der Waals surface area contributed by atoms with Crippen molar-refractivity contribution in [2.45, 2.75) is 5.16 Å². The number of thioether (sulfide) groups is 1. The molecule has 3 rings (SSSR count). The number of nitrogens with zero attached hydrogens (tertiary/aromatic N) is 2. The molecule has 0 spiro atoms. The fourth-order valence-corrected chi connectivity index (χ4v) is 3.69. The predicted octanol–water partition coefficient (Wildman–Crippen LogP) is 4.93. The number of methoxy groups -OCH3 is 2. The number of benzene rings is 2. The van der Waals surface area contributed by atoms with E-state index in [4.69, 9.17) is 32.7 Å². The Morgan fingerprint density at radius 1 is 1.18 bits per heavy atom. The van der Waals surface area contributed by atoms with E-state index in [0.29, 0.717) is 32.4 Å². The van der Waals surface area contributed by atoms with Gasteiger partial charge in [-0.05, 0) is 24.3 Å². The van der Waals surface area contributed by atoms with Crippen molar-refractivity contribution < 1.29 is 14.3 Å². The van der Waals surface area contributed by atoms with E-state index in [1.54, 1.807) is 24.4 Å². The number of aromatic nitrogens is 2. The standard InChI is InChI=1S/C19H17Cl2N3O3S/c1-26-16-10-17(27-2)15(9-14(16)21)23-18(25)11-28-19-22-6-7-24(19)13-5-3-4-12(20)8-13/h3-10H,11H2,1-2H3,(H,23,25). The Hall–Kier alpha value is -2.35. The van der Waals surface area contributed by atoms with Crippen molar-refractivity contribution >= 4 is 46.6 Å². The topological polar surface area (TPSA) is 65.4 Å². The van der Waals surface area contributed by atoms with Crippen LogP contribution in [0.15, 0.2) is 53.9 Å². The number of nitrogens with one attached hydrogen (secondary N) is 1. The number of amides is 1. The fraction of sp³-hybridized carbons (Fsp3) is 0.158. The second kappa shape index (κ2) is 9.23. The van der Waals surface area contributed by atoms with Crippen LogP contribution in [0.1, 0.15) is 0 Å². The molecular weight excluding hydrogens is 421 g/mol. The molecule has 1 heterocycles. The molecule has 1 N–H and O–H groups in total. The highest BCUT2D eigenvalue weighted by Gasteiger charge is 2.14. The summed E-state index contributed by atoms with van der Waals surface area (Å²) in [6, 6.07) is 10.6. The summed E-state index contributed by atoms with van der Waals surface area (Å²) in [5, 5.41) is 4.49. The van der Waals surface area contributed by atoms with Gasteiger partial charge in [0.25, 0.3) is 0 Å². The third-order valence-electron chi connectivity index (χ3n) is 3.77. The second-order valence-corrected chi connectivity index (χ2v) is 7.37. The van der Waals surface area contributed by atoms with Gasteiger partial charge in [-0.3, -0.25) is 9.36 Å². The first-order chi connectivity index (χ1) is 13.5. The summed E-state index contributed by atoms with van der Waals surface area (Å²) in [4.78, 5) is 16.7. The molecule has 9 heteroatoms. The zero-order valence-corrected chi connectivity index (χ0v) is 17.4. The lowest BCUT2D eigenvalue weighted by Crippen LogP contribution is -2.15. The van der Waals surface area contributed by atoms with Crippen LogP contribution in [-0.4, -0.2) is 35.4 Å². The summed E-state index contributed by atoms with van der Waals surface area (Å²) in [5.41, 5.74) is 1.34. The molecule has 0 bridgehead atoms. The molecule has 28 heavy (non-hydrogen) atoms.